The Morgan fingerprint density at radius 1 is 1.03 bits per heavy atom. The summed E-state index contributed by atoms with van der Waals surface area (Å²) in [4.78, 5) is 16.8. The molecule has 4 nitrogen and oxygen atoms in total. The predicted octanol–water partition coefficient (Wildman–Crippen LogP) is 8.68. The number of para-hydroxylation sites is 1. The summed E-state index contributed by atoms with van der Waals surface area (Å²) >= 11 is 8.88. The molecule has 1 unspecified atom stereocenters. The number of carbonyl (C=O) groups excluding carboxylic acids is 1. The molecule has 1 aliphatic heterocycles. The molecule has 37 heavy (non-hydrogen) atoms. The van der Waals surface area contributed by atoms with Crippen LogP contribution in [0.1, 0.15) is 43.7 Å². The molecule has 2 aliphatic rings. The van der Waals surface area contributed by atoms with E-state index in [1.54, 1.807) is 11.8 Å². The fraction of sp³-hybridized carbons (Fsp3) is 0.300. The molecule has 3 aromatic rings. The first-order valence-corrected chi connectivity index (χ1v) is 15.1. The average Bonchev–Trinajstić information content (AvgIpc) is 3.19. The first-order valence-electron chi connectivity index (χ1n) is 12.7. The summed E-state index contributed by atoms with van der Waals surface area (Å²) < 4.78 is 8.04. The molecule has 2 fully saturated rings. The minimum atomic E-state index is -0.156. The van der Waals surface area contributed by atoms with E-state index in [0.717, 1.165) is 55.7 Å². The zero-order valence-corrected chi connectivity index (χ0v) is 24.7. The van der Waals surface area contributed by atoms with Gasteiger partial charge in [-0.25, -0.2) is 0 Å². The number of carbonyl (C=O) groups is 1. The Morgan fingerprint density at radius 3 is 2.46 bits per heavy atom. The van der Waals surface area contributed by atoms with Crippen LogP contribution in [0.5, 0.6) is 5.75 Å². The van der Waals surface area contributed by atoms with Crippen LogP contribution in [0.3, 0.4) is 0 Å². The van der Waals surface area contributed by atoms with Crippen LogP contribution in [0.15, 0.2) is 86.6 Å². The third-order valence-corrected chi connectivity index (χ3v) is 9.14. The highest BCUT2D eigenvalue weighted by atomic mass is 79.9. The average molecular weight is 642 g/mol. The fourth-order valence-electron chi connectivity index (χ4n) is 5.08. The lowest BCUT2D eigenvalue weighted by Crippen LogP contribution is -2.48. The molecule has 1 saturated carbocycles. The number of ether oxygens (including phenoxy) is 1. The second kappa shape index (κ2) is 12.1. The van der Waals surface area contributed by atoms with Gasteiger partial charge in [0, 0.05) is 21.8 Å². The summed E-state index contributed by atoms with van der Waals surface area (Å²) in [7, 11) is 0. The molecule has 3 atom stereocenters. The van der Waals surface area contributed by atoms with Gasteiger partial charge in [0.2, 0.25) is 0 Å². The zero-order chi connectivity index (χ0) is 25.8. The van der Waals surface area contributed by atoms with E-state index in [1.165, 1.54) is 6.42 Å². The number of hydrogen-bond acceptors (Lipinski definition) is 4. The monoisotopic (exact) mass is 640 g/mol. The van der Waals surface area contributed by atoms with E-state index in [-0.39, 0.29) is 17.4 Å². The van der Waals surface area contributed by atoms with Crippen molar-refractivity contribution in [3.63, 3.8) is 0 Å². The Kier molecular flexibility index (Phi) is 8.63. The number of benzene rings is 3. The van der Waals surface area contributed by atoms with Crippen molar-refractivity contribution in [1.82, 2.24) is 4.90 Å². The van der Waals surface area contributed by atoms with Crippen molar-refractivity contribution in [2.75, 3.05) is 5.32 Å². The lowest BCUT2D eigenvalue weighted by atomic mass is 9.85. The summed E-state index contributed by atoms with van der Waals surface area (Å²) in [5.41, 5.74) is 2.81. The number of amides is 1. The first-order chi connectivity index (χ1) is 18.0. The molecule has 1 amide bonds. The molecule has 0 radical (unpaired) electrons. The number of hydrogen-bond donors (Lipinski definition) is 1. The second-order valence-corrected chi connectivity index (χ2v) is 12.5. The molecule has 0 aromatic heterocycles. The highest BCUT2D eigenvalue weighted by Crippen LogP contribution is 2.44. The Hall–Kier alpha value is -2.22. The lowest BCUT2D eigenvalue weighted by Gasteiger charge is -2.39. The maximum Gasteiger partial charge on any atom is 0.262 e. The molecule has 192 valence electrons. The van der Waals surface area contributed by atoms with Crippen LogP contribution in [0.2, 0.25) is 0 Å². The Balaban J connectivity index is 1.47. The third kappa shape index (κ3) is 6.27. The van der Waals surface area contributed by atoms with Gasteiger partial charge in [0.15, 0.2) is 5.50 Å². The molecule has 7 heteroatoms. The maximum atomic E-state index is 13.9. The Morgan fingerprint density at radius 2 is 1.73 bits per heavy atom. The van der Waals surface area contributed by atoms with E-state index in [4.69, 9.17) is 4.74 Å². The summed E-state index contributed by atoms with van der Waals surface area (Å²) in [6, 6.07) is 24.5. The van der Waals surface area contributed by atoms with Crippen LogP contribution in [0.4, 0.5) is 5.69 Å². The minimum absolute atomic E-state index is 0.0855. The number of rotatable bonds is 7. The molecular weight excluding hydrogens is 612 g/mol. The van der Waals surface area contributed by atoms with Crippen molar-refractivity contribution in [1.29, 1.82) is 0 Å². The van der Waals surface area contributed by atoms with Crippen molar-refractivity contribution in [2.24, 2.45) is 5.92 Å². The summed E-state index contributed by atoms with van der Waals surface area (Å²) in [6.07, 6.45) is 6.58. The Labute approximate surface area is 240 Å². The van der Waals surface area contributed by atoms with Crippen LogP contribution in [0.25, 0.3) is 6.08 Å². The molecule has 1 aliphatic carbocycles. The molecular formula is C30H30Br2N2O2S. The van der Waals surface area contributed by atoms with E-state index in [0.29, 0.717) is 12.5 Å². The smallest absolute Gasteiger partial charge is 0.262 e. The molecule has 0 spiro atoms. The van der Waals surface area contributed by atoms with Crippen molar-refractivity contribution in [3.8, 4) is 5.75 Å². The van der Waals surface area contributed by atoms with Crippen LogP contribution in [-0.4, -0.2) is 22.3 Å². The zero-order valence-electron chi connectivity index (χ0n) is 20.7. The van der Waals surface area contributed by atoms with Gasteiger partial charge in [-0.05, 0) is 70.6 Å². The summed E-state index contributed by atoms with van der Waals surface area (Å²) in [5, 5.41) is 3.62. The lowest BCUT2D eigenvalue weighted by molar-refractivity contribution is -0.129. The maximum absolute atomic E-state index is 13.9. The topological polar surface area (TPSA) is 41.6 Å². The van der Waals surface area contributed by atoms with Gasteiger partial charge in [0.05, 0.1) is 9.38 Å². The summed E-state index contributed by atoms with van der Waals surface area (Å²) in [5.74, 6) is 1.29. The van der Waals surface area contributed by atoms with Crippen molar-refractivity contribution in [2.45, 2.75) is 50.8 Å². The van der Waals surface area contributed by atoms with E-state index in [9.17, 15) is 4.79 Å². The molecule has 3 aromatic carbocycles. The number of thioether (sulfide) groups is 1. The minimum Gasteiger partial charge on any atom is -0.487 e. The predicted molar refractivity (Wildman–Crippen MR) is 160 cm³/mol. The van der Waals surface area contributed by atoms with E-state index >= 15 is 0 Å². The highest BCUT2D eigenvalue weighted by molar-refractivity contribution is 9.11. The SMILES string of the molecule is C[C@@H]1CCCC[C@H]1N1C(=O)/C(=C/c2cc(Br)cc(Br)c2OCc2ccccc2)SC1Nc1ccccc1. The number of nitrogens with zero attached hydrogens (tertiary/aromatic N) is 1. The standard InChI is InChI=1S/C30H30Br2N2O2S/c1-20-10-8-9-15-26(20)34-29(35)27(37-30(34)33-24-13-6-3-7-14-24)17-22-16-23(31)18-25(32)28(22)36-19-21-11-4-2-5-12-21/h2-7,11-14,16-18,20,26,30,33H,8-10,15,19H2,1H3/b27-17-/t20-,26-,30?/m1/s1. The molecule has 5 rings (SSSR count). The second-order valence-electron chi connectivity index (χ2n) is 9.61. The third-order valence-electron chi connectivity index (χ3n) is 6.97. The molecule has 1 N–H and O–H groups in total. The fourth-order valence-corrected chi connectivity index (χ4v) is 7.65. The Bertz CT molecular complexity index is 1270. The van der Waals surface area contributed by atoms with Gasteiger partial charge >= 0.3 is 0 Å². The van der Waals surface area contributed by atoms with E-state index in [1.807, 2.05) is 66.7 Å². The van der Waals surface area contributed by atoms with Gasteiger partial charge in [0.1, 0.15) is 12.4 Å². The van der Waals surface area contributed by atoms with Gasteiger partial charge in [-0.15, -0.1) is 0 Å². The molecule has 1 saturated heterocycles. The quantitative estimate of drug-likeness (QED) is 0.262. The summed E-state index contributed by atoms with van der Waals surface area (Å²) in [6.45, 7) is 2.73. The van der Waals surface area contributed by atoms with E-state index in [2.05, 4.69) is 61.1 Å². The number of anilines is 1. The van der Waals surface area contributed by atoms with Gasteiger partial charge in [-0.3, -0.25) is 4.79 Å². The van der Waals surface area contributed by atoms with Crippen molar-refractivity contribution >= 4 is 61.3 Å². The number of nitrogens with one attached hydrogen (secondary N) is 1. The van der Waals surface area contributed by atoms with Gasteiger partial charge in [0.25, 0.3) is 5.91 Å². The normalized spacial score (nSPS) is 22.9. The first kappa shape index (κ1) is 26.4. The van der Waals surface area contributed by atoms with Crippen molar-refractivity contribution in [3.05, 3.63) is 97.8 Å². The van der Waals surface area contributed by atoms with Crippen LogP contribution < -0.4 is 10.1 Å². The molecule has 0 bridgehead atoms. The van der Waals surface area contributed by atoms with Crippen LogP contribution >= 0.6 is 43.6 Å². The van der Waals surface area contributed by atoms with Crippen molar-refractivity contribution < 1.29 is 9.53 Å². The number of halogens is 2. The van der Waals surface area contributed by atoms with E-state index < -0.39 is 0 Å². The molecule has 1 heterocycles. The van der Waals surface area contributed by atoms with Gasteiger partial charge < -0.3 is 15.0 Å². The van der Waals surface area contributed by atoms with Crippen LogP contribution in [0, 0.1) is 5.92 Å². The van der Waals surface area contributed by atoms with Gasteiger partial charge in [-0.1, -0.05) is 96.0 Å². The van der Waals surface area contributed by atoms with Crippen LogP contribution in [-0.2, 0) is 11.4 Å². The highest BCUT2D eigenvalue weighted by Gasteiger charge is 2.43. The largest absolute Gasteiger partial charge is 0.487 e. The van der Waals surface area contributed by atoms with Gasteiger partial charge in [-0.2, -0.15) is 0 Å².